The van der Waals surface area contributed by atoms with Gasteiger partial charge in [-0.3, -0.25) is 14.8 Å². The Labute approximate surface area is 180 Å². The molecule has 1 N–H and O–H groups in total. The van der Waals surface area contributed by atoms with Crippen LogP contribution in [-0.2, 0) is 19.5 Å². The van der Waals surface area contributed by atoms with Gasteiger partial charge in [-0.1, -0.05) is 54.6 Å². The first kappa shape index (κ1) is 20.3. The second kappa shape index (κ2) is 9.71. The second-order valence-corrected chi connectivity index (χ2v) is 7.14. The van der Waals surface area contributed by atoms with Crippen molar-refractivity contribution < 1.29 is 4.74 Å². The summed E-state index contributed by atoms with van der Waals surface area (Å²) in [7, 11) is 1.65. The third-order valence-electron chi connectivity index (χ3n) is 5.04. The van der Waals surface area contributed by atoms with Crippen molar-refractivity contribution in [1.29, 1.82) is 0 Å². The van der Waals surface area contributed by atoms with Gasteiger partial charge in [0.15, 0.2) is 0 Å². The molecule has 2 aromatic heterocycles. The fourth-order valence-electron chi connectivity index (χ4n) is 3.43. The fraction of sp³-hybridized carbons (Fsp3) is 0.160. The summed E-state index contributed by atoms with van der Waals surface area (Å²) in [4.78, 5) is 22.3. The molecule has 0 saturated carbocycles. The van der Waals surface area contributed by atoms with Gasteiger partial charge >= 0.3 is 0 Å². The molecule has 2 heterocycles. The molecule has 0 unspecified atom stereocenters. The highest BCUT2D eigenvalue weighted by atomic mass is 16.5. The summed E-state index contributed by atoms with van der Waals surface area (Å²) in [6, 6.07) is 23.4. The number of methoxy groups -OCH3 is 1. The fourth-order valence-corrected chi connectivity index (χ4v) is 3.43. The van der Waals surface area contributed by atoms with Crippen LogP contribution in [0.25, 0.3) is 0 Å². The van der Waals surface area contributed by atoms with Crippen LogP contribution in [0.1, 0.15) is 22.4 Å². The minimum absolute atomic E-state index is 0.0986. The third kappa shape index (κ3) is 4.98. The lowest BCUT2D eigenvalue weighted by Crippen LogP contribution is -2.23. The van der Waals surface area contributed by atoms with Crippen LogP contribution < -0.4 is 10.3 Å². The maximum Gasteiger partial charge on any atom is 0.275 e. The van der Waals surface area contributed by atoms with Gasteiger partial charge in [0, 0.05) is 24.4 Å². The first-order valence-electron chi connectivity index (χ1n) is 10.1. The van der Waals surface area contributed by atoms with Crippen molar-refractivity contribution >= 4 is 5.71 Å². The van der Waals surface area contributed by atoms with Crippen molar-refractivity contribution in [2.45, 2.75) is 19.5 Å². The highest BCUT2D eigenvalue weighted by Crippen LogP contribution is 2.19. The summed E-state index contributed by atoms with van der Waals surface area (Å²) < 4.78 is 7.10. The van der Waals surface area contributed by atoms with E-state index in [0.717, 1.165) is 22.6 Å². The lowest BCUT2D eigenvalue weighted by molar-refractivity contribution is 0.411. The number of nitrogens with zero attached hydrogens (tertiary/aromatic N) is 3. The zero-order valence-electron chi connectivity index (χ0n) is 17.4. The van der Waals surface area contributed by atoms with Gasteiger partial charge in [0.2, 0.25) is 0 Å². The van der Waals surface area contributed by atoms with E-state index in [1.807, 2.05) is 72.8 Å². The van der Waals surface area contributed by atoms with Gasteiger partial charge in [0.1, 0.15) is 5.75 Å². The molecule has 0 aliphatic carbocycles. The molecular formula is C25H24N4O2. The lowest BCUT2D eigenvalue weighted by atomic mass is 10.0. The molecule has 0 bridgehead atoms. The van der Waals surface area contributed by atoms with Crippen LogP contribution in [0.5, 0.6) is 5.75 Å². The number of aromatic amines is 1. The van der Waals surface area contributed by atoms with Crippen LogP contribution in [0.4, 0.5) is 0 Å². The molecule has 2 aromatic carbocycles. The molecule has 156 valence electrons. The number of H-pyrrole nitrogens is 1. The normalized spacial score (nSPS) is 11.5. The number of hydrogen-bond donors (Lipinski definition) is 1. The standard InChI is InChI=1S/C25H24N4O2/c1-31-24-13-6-5-11-20(24)15-23(27-16-21-12-7-8-14-26-21)22-17-28-29(25(22)30)18-19-9-3-2-4-10-19/h2-14,17,28H,15-16,18H2,1H3. The van der Waals surface area contributed by atoms with E-state index in [-0.39, 0.29) is 5.56 Å². The molecule has 0 saturated heterocycles. The van der Waals surface area contributed by atoms with Crippen molar-refractivity contribution in [2.75, 3.05) is 7.11 Å². The molecule has 0 aliphatic rings. The zero-order chi connectivity index (χ0) is 21.5. The summed E-state index contributed by atoms with van der Waals surface area (Å²) in [6.07, 6.45) is 3.96. The number of pyridine rings is 1. The van der Waals surface area contributed by atoms with E-state index in [0.29, 0.717) is 30.8 Å². The van der Waals surface area contributed by atoms with Gasteiger partial charge in [0.25, 0.3) is 5.56 Å². The quantitative estimate of drug-likeness (QED) is 0.447. The molecule has 6 heteroatoms. The second-order valence-electron chi connectivity index (χ2n) is 7.14. The van der Waals surface area contributed by atoms with Crippen LogP contribution in [-0.4, -0.2) is 27.6 Å². The van der Waals surface area contributed by atoms with Crippen molar-refractivity contribution in [3.05, 3.63) is 118 Å². The number of benzene rings is 2. The van der Waals surface area contributed by atoms with Crippen LogP contribution in [0.2, 0.25) is 0 Å². The maximum atomic E-state index is 13.2. The van der Waals surface area contributed by atoms with Crippen molar-refractivity contribution in [1.82, 2.24) is 14.8 Å². The topological polar surface area (TPSA) is 72.3 Å². The van der Waals surface area contributed by atoms with E-state index in [2.05, 4.69) is 10.1 Å². The van der Waals surface area contributed by atoms with Crippen LogP contribution in [0, 0.1) is 0 Å². The smallest absolute Gasteiger partial charge is 0.275 e. The Morgan fingerprint density at radius 2 is 1.81 bits per heavy atom. The third-order valence-corrected chi connectivity index (χ3v) is 5.04. The Morgan fingerprint density at radius 1 is 1.03 bits per heavy atom. The van der Waals surface area contributed by atoms with E-state index in [1.165, 1.54) is 0 Å². The summed E-state index contributed by atoms with van der Waals surface area (Å²) in [6.45, 7) is 0.872. The van der Waals surface area contributed by atoms with E-state index in [1.54, 1.807) is 24.2 Å². The summed E-state index contributed by atoms with van der Waals surface area (Å²) in [5.74, 6) is 0.771. The molecule has 6 nitrogen and oxygen atoms in total. The van der Waals surface area contributed by atoms with Gasteiger partial charge in [-0.15, -0.1) is 0 Å². The van der Waals surface area contributed by atoms with Crippen LogP contribution in [0.3, 0.4) is 0 Å². The molecule has 0 fully saturated rings. The average molecular weight is 412 g/mol. The van der Waals surface area contributed by atoms with Crippen molar-refractivity contribution in [3.8, 4) is 5.75 Å². The molecule has 0 amide bonds. The minimum Gasteiger partial charge on any atom is -0.496 e. The molecule has 0 spiro atoms. The SMILES string of the molecule is COc1ccccc1CC(=NCc1ccccn1)c1c[nH]n(Cc2ccccc2)c1=O. The highest BCUT2D eigenvalue weighted by Gasteiger charge is 2.16. The maximum absolute atomic E-state index is 13.2. The van der Waals surface area contributed by atoms with E-state index in [9.17, 15) is 4.79 Å². The summed E-state index contributed by atoms with van der Waals surface area (Å²) in [5, 5.41) is 3.09. The predicted molar refractivity (Wildman–Crippen MR) is 122 cm³/mol. The highest BCUT2D eigenvalue weighted by molar-refractivity contribution is 6.01. The van der Waals surface area contributed by atoms with E-state index >= 15 is 0 Å². The van der Waals surface area contributed by atoms with Crippen LogP contribution >= 0.6 is 0 Å². The number of rotatable bonds is 8. The van der Waals surface area contributed by atoms with Crippen LogP contribution in [0.15, 0.2) is 95.0 Å². The molecule has 0 aliphatic heterocycles. The predicted octanol–water partition coefficient (Wildman–Crippen LogP) is 3.86. The summed E-state index contributed by atoms with van der Waals surface area (Å²) in [5.41, 5.74) is 4.02. The monoisotopic (exact) mass is 412 g/mol. The Hall–Kier alpha value is -3.93. The van der Waals surface area contributed by atoms with Gasteiger partial charge in [-0.2, -0.15) is 0 Å². The molecule has 31 heavy (non-hydrogen) atoms. The van der Waals surface area contributed by atoms with Crippen molar-refractivity contribution in [2.24, 2.45) is 4.99 Å². The molecule has 4 rings (SSSR count). The Bertz CT molecular complexity index is 1210. The van der Waals surface area contributed by atoms with Gasteiger partial charge < -0.3 is 9.84 Å². The number of ether oxygens (including phenoxy) is 1. The van der Waals surface area contributed by atoms with Gasteiger partial charge in [0.05, 0.1) is 37.2 Å². The first-order valence-corrected chi connectivity index (χ1v) is 10.1. The molecular weight excluding hydrogens is 388 g/mol. The minimum atomic E-state index is -0.0986. The van der Waals surface area contributed by atoms with Crippen molar-refractivity contribution in [3.63, 3.8) is 0 Å². The molecule has 0 radical (unpaired) electrons. The molecule has 0 atom stereocenters. The first-order chi connectivity index (χ1) is 15.2. The van der Waals surface area contributed by atoms with Gasteiger partial charge in [-0.05, 0) is 23.8 Å². The Kier molecular flexibility index (Phi) is 6.38. The molecule has 4 aromatic rings. The number of para-hydroxylation sites is 1. The number of hydrogen-bond acceptors (Lipinski definition) is 4. The number of aliphatic imine (C=N–C) groups is 1. The van der Waals surface area contributed by atoms with E-state index < -0.39 is 0 Å². The Balaban J connectivity index is 1.68. The number of nitrogens with one attached hydrogen (secondary N) is 1. The average Bonchev–Trinajstić information content (AvgIpc) is 3.18. The van der Waals surface area contributed by atoms with Gasteiger partial charge in [-0.25, -0.2) is 4.68 Å². The largest absolute Gasteiger partial charge is 0.496 e. The van der Waals surface area contributed by atoms with E-state index in [4.69, 9.17) is 9.73 Å². The lowest BCUT2D eigenvalue weighted by Gasteiger charge is -2.09. The zero-order valence-corrected chi connectivity index (χ0v) is 17.4. The summed E-state index contributed by atoms with van der Waals surface area (Å²) >= 11 is 0. The number of aromatic nitrogens is 3. The Morgan fingerprint density at radius 3 is 2.58 bits per heavy atom.